The highest BCUT2D eigenvalue weighted by atomic mass is 35.5. The first-order valence-electron chi connectivity index (χ1n) is 7.76. The Balaban J connectivity index is 1.79. The van der Waals surface area contributed by atoms with Gasteiger partial charge in [-0.25, -0.2) is 4.79 Å². The molecule has 1 amide bonds. The van der Waals surface area contributed by atoms with Gasteiger partial charge in [-0.3, -0.25) is 4.79 Å². The van der Waals surface area contributed by atoms with Crippen molar-refractivity contribution in [1.82, 2.24) is 0 Å². The zero-order valence-electron chi connectivity index (χ0n) is 14.4. The highest BCUT2D eigenvalue weighted by Crippen LogP contribution is 2.20. The molecule has 0 saturated carbocycles. The largest absolute Gasteiger partial charge is 0.482 e. The maximum absolute atomic E-state index is 11.9. The van der Waals surface area contributed by atoms with E-state index in [9.17, 15) is 9.59 Å². The van der Waals surface area contributed by atoms with Gasteiger partial charge in [0.05, 0.1) is 0 Å². The molecule has 0 aromatic heterocycles. The molecule has 0 atom stereocenters. The summed E-state index contributed by atoms with van der Waals surface area (Å²) in [5, 5.41) is 3.17. The van der Waals surface area contributed by atoms with Gasteiger partial charge >= 0.3 is 5.97 Å². The number of amides is 1. The molecule has 0 spiro atoms. The van der Waals surface area contributed by atoms with Crippen LogP contribution in [0.2, 0.25) is 5.02 Å². The van der Waals surface area contributed by atoms with E-state index in [2.05, 4.69) is 5.32 Å². The van der Waals surface area contributed by atoms with Crippen LogP contribution in [0, 0.1) is 20.8 Å². The Morgan fingerprint density at radius 1 is 1.00 bits per heavy atom. The molecular weight excluding hydrogens is 342 g/mol. The Morgan fingerprint density at radius 2 is 1.68 bits per heavy atom. The lowest BCUT2D eigenvalue weighted by Crippen LogP contribution is -2.24. The van der Waals surface area contributed by atoms with E-state index in [-0.39, 0.29) is 13.2 Å². The monoisotopic (exact) mass is 361 g/mol. The Hall–Kier alpha value is -2.53. The van der Waals surface area contributed by atoms with Gasteiger partial charge < -0.3 is 14.8 Å². The van der Waals surface area contributed by atoms with E-state index in [0.717, 1.165) is 16.7 Å². The number of carbonyl (C=O) groups is 2. The number of rotatable bonds is 6. The van der Waals surface area contributed by atoms with Crippen LogP contribution in [0.3, 0.4) is 0 Å². The first kappa shape index (κ1) is 18.8. The van der Waals surface area contributed by atoms with Crippen LogP contribution in [-0.4, -0.2) is 25.1 Å². The predicted octanol–water partition coefficient (Wildman–Crippen LogP) is 3.83. The molecule has 0 saturated heterocycles. The lowest BCUT2D eigenvalue weighted by molar-refractivity contribution is -0.149. The number of hydrogen-bond donors (Lipinski definition) is 1. The minimum absolute atomic E-state index is 0.258. The lowest BCUT2D eigenvalue weighted by atomic mass is 10.1. The smallest absolute Gasteiger partial charge is 0.344 e. The number of benzene rings is 2. The van der Waals surface area contributed by atoms with E-state index in [1.165, 1.54) is 0 Å². The van der Waals surface area contributed by atoms with Crippen LogP contribution >= 0.6 is 11.6 Å². The van der Waals surface area contributed by atoms with Crippen LogP contribution in [-0.2, 0) is 14.3 Å². The van der Waals surface area contributed by atoms with Crippen LogP contribution in [0.15, 0.2) is 36.4 Å². The Labute approximate surface area is 151 Å². The van der Waals surface area contributed by atoms with E-state index in [1.807, 2.05) is 39.0 Å². The summed E-state index contributed by atoms with van der Waals surface area (Å²) in [5.41, 5.74) is 3.53. The molecule has 0 aliphatic carbocycles. The average Bonchev–Trinajstić information content (AvgIpc) is 2.53. The lowest BCUT2D eigenvalue weighted by Gasteiger charge is -2.10. The summed E-state index contributed by atoms with van der Waals surface area (Å²) >= 11 is 5.90. The number of nitrogens with one attached hydrogen (secondary N) is 1. The number of halogens is 1. The van der Waals surface area contributed by atoms with Crippen LogP contribution in [0.25, 0.3) is 0 Å². The Kier molecular flexibility index (Phi) is 6.42. The number of anilines is 1. The fourth-order valence-electron chi connectivity index (χ4n) is 2.26. The summed E-state index contributed by atoms with van der Waals surface area (Å²) in [6, 6.07) is 10.8. The van der Waals surface area contributed by atoms with Gasteiger partial charge in [0.2, 0.25) is 0 Å². The zero-order chi connectivity index (χ0) is 18.4. The van der Waals surface area contributed by atoms with E-state index in [1.54, 1.807) is 18.2 Å². The van der Waals surface area contributed by atoms with Crippen molar-refractivity contribution in [2.75, 3.05) is 18.5 Å². The molecule has 5 nitrogen and oxygen atoms in total. The van der Waals surface area contributed by atoms with Crippen LogP contribution in [0.5, 0.6) is 5.75 Å². The van der Waals surface area contributed by atoms with Gasteiger partial charge in [-0.1, -0.05) is 23.7 Å². The molecule has 2 aromatic rings. The van der Waals surface area contributed by atoms with Crippen LogP contribution in [0.4, 0.5) is 5.69 Å². The summed E-state index contributed by atoms with van der Waals surface area (Å²) in [6.07, 6.45) is 0. The molecule has 0 aliphatic heterocycles. The molecule has 0 radical (unpaired) electrons. The van der Waals surface area contributed by atoms with Crippen molar-refractivity contribution >= 4 is 29.2 Å². The van der Waals surface area contributed by atoms with Crippen LogP contribution < -0.4 is 10.1 Å². The van der Waals surface area contributed by atoms with E-state index < -0.39 is 11.9 Å². The topological polar surface area (TPSA) is 64.6 Å². The molecule has 2 aromatic carbocycles. The first-order chi connectivity index (χ1) is 11.8. The van der Waals surface area contributed by atoms with Gasteiger partial charge in [-0.15, -0.1) is 0 Å². The molecule has 1 N–H and O–H groups in total. The number of hydrogen-bond acceptors (Lipinski definition) is 4. The molecule has 25 heavy (non-hydrogen) atoms. The van der Waals surface area contributed by atoms with E-state index in [0.29, 0.717) is 16.5 Å². The molecule has 0 heterocycles. The SMILES string of the molecule is Cc1cc(C)cc(OCC(=O)OCC(=O)Nc2cc(Cl)ccc2C)c1. The Bertz CT molecular complexity index is 769. The minimum atomic E-state index is -0.614. The fraction of sp³-hybridized carbons (Fsp3) is 0.263. The second-order valence-electron chi connectivity index (χ2n) is 5.78. The third-order valence-electron chi connectivity index (χ3n) is 3.39. The minimum Gasteiger partial charge on any atom is -0.482 e. The highest BCUT2D eigenvalue weighted by molar-refractivity contribution is 6.31. The third-order valence-corrected chi connectivity index (χ3v) is 3.62. The maximum Gasteiger partial charge on any atom is 0.344 e. The van der Waals surface area contributed by atoms with Crippen molar-refractivity contribution in [2.45, 2.75) is 20.8 Å². The molecule has 0 unspecified atom stereocenters. The summed E-state index contributed by atoms with van der Waals surface area (Å²) < 4.78 is 10.3. The predicted molar refractivity (Wildman–Crippen MR) is 97.2 cm³/mol. The molecule has 2 rings (SSSR count). The summed E-state index contributed by atoms with van der Waals surface area (Å²) in [4.78, 5) is 23.6. The number of aryl methyl sites for hydroxylation is 3. The number of carbonyl (C=O) groups excluding carboxylic acids is 2. The molecule has 0 fully saturated rings. The van der Waals surface area contributed by atoms with Crippen molar-refractivity contribution < 1.29 is 19.1 Å². The first-order valence-corrected chi connectivity index (χ1v) is 8.14. The van der Waals surface area contributed by atoms with Crippen molar-refractivity contribution in [2.24, 2.45) is 0 Å². The van der Waals surface area contributed by atoms with Gasteiger partial charge in [0, 0.05) is 10.7 Å². The standard InChI is InChI=1S/C19H20ClNO4/c1-12-6-13(2)8-16(7-12)24-11-19(23)25-10-18(22)21-17-9-15(20)5-4-14(17)3/h4-9H,10-11H2,1-3H3,(H,21,22). The van der Waals surface area contributed by atoms with Gasteiger partial charge in [0.15, 0.2) is 13.2 Å². The summed E-state index contributed by atoms with van der Waals surface area (Å²) in [6.45, 7) is 5.09. The van der Waals surface area contributed by atoms with Crippen molar-refractivity contribution in [1.29, 1.82) is 0 Å². The van der Waals surface area contributed by atoms with Gasteiger partial charge in [-0.2, -0.15) is 0 Å². The third kappa shape index (κ3) is 6.12. The zero-order valence-corrected chi connectivity index (χ0v) is 15.1. The van der Waals surface area contributed by atoms with Crippen molar-refractivity contribution in [3.8, 4) is 5.75 Å². The summed E-state index contributed by atoms with van der Waals surface area (Å²) in [7, 11) is 0. The van der Waals surface area contributed by atoms with E-state index >= 15 is 0 Å². The molecular formula is C19H20ClNO4. The van der Waals surface area contributed by atoms with Crippen molar-refractivity contribution in [3.63, 3.8) is 0 Å². The average molecular weight is 362 g/mol. The maximum atomic E-state index is 11.9. The van der Waals surface area contributed by atoms with Gasteiger partial charge in [0.25, 0.3) is 5.91 Å². The normalized spacial score (nSPS) is 10.2. The molecule has 0 bridgehead atoms. The van der Waals surface area contributed by atoms with Crippen molar-refractivity contribution in [3.05, 3.63) is 58.1 Å². The molecule has 6 heteroatoms. The van der Waals surface area contributed by atoms with Gasteiger partial charge in [-0.05, 0) is 61.7 Å². The number of ether oxygens (including phenoxy) is 2. The second kappa shape index (κ2) is 8.53. The van der Waals surface area contributed by atoms with Gasteiger partial charge in [0.1, 0.15) is 5.75 Å². The fourth-order valence-corrected chi connectivity index (χ4v) is 2.43. The molecule has 132 valence electrons. The quantitative estimate of drug-likeness (QED) is 0.794. The number of esters is 1. The molecule has 0 aliphatic rings. The van der Waals surface area contributed by atoms with E-state index in [4.69, 9.17) is 21.1 Å². The highest BCUT2D eigenvalue weighted by Gasteiger charge is 2.10. The second-order valence-corrected chi connectivity index (χ2v) is 6.22. The Morgan fingerprint density at radius 3 is 2.36 bits per heavy atom. The summed E-state index contributed by atoms with van der Waals surface area (Å²) in [5.74, 6) is -0.462. The van der Waals surface area contributed by atoms with Crippen LogP contribution in [0.1, 0.15) is 16.7 Å².